The fourth-order valence-electron chi connectivity index (χ4n) is 2.13. The Labute approximate surface area is 131 Å². The molecule has 0 fully saturated rings. The maximum absolute atomic E-state index is 11.2. The van der Waals surface area contributed by atoms with E-state index in [4.69, 9.17) is 9.83 Å². The van der Waals surface area contributed by atoms with Gasteiger partial charge in [-0.1, -0.05) is 30.3 Å². The average Bonchev–Trinajstić information content (AvgIpc) is 2.67. The molecule has 0 unspecified atom stereocenters. The van der Waals surface area contributed by atoms with Crippen molar-refractivity contribution in [3.05, 3.63) is 48.2 Å². The number of hydrogen-bond acceptors (Lipinski definition) is 5. The predicted molar refractivity (Wildman–Crippen MR) is 85.2 cm³/mol. The van der Waals surface area contributed by atoms with Gasteiger partial charge < -0.3 is 9.57 Å². The molecule has 0 aliphatic carbocycles. The molecular formula is C17H22N2O3. The summed E-state index contributed by atoms with van der Waals surface area (Å²) in [5, 5.41) is 1.74. The van der Waals surface area contributed by atoms with Crippen LogP contribution in [0.5, 0.6) is 0 Å². The summed E-state index contributed by atoms with van der Waals surface area (Å²) in [5.74, 6) is 0.277. The lowest BCUT2D eigenvalue weighted by Gasteiger charge is -2.39. The summed E-state index contributed by atoms with van der Waals surface area (Å²) in [7, 11) is 1.33. The van der Waals surface area contributed by atoms with Crippen LogP contribution >= 0.6 is 0 Å². The molecule has 2 rings (SSSR count). The van der Waals surface area contributed by atoms with Crippen LogP contribution in [-0.4, -0.2) is 35.1 Å². The van der Waals surface area contributed by atoms with E-state index >= 15 is 0 Å². The van der Waals surface area contributed by atoms with E-state index in [-0.39, 0.29) is 11.1 Å². The van der Waals surface area contributed by atoms with Crippen LogP contribution < -0.4 is 0 Å². The van der Waals surface area contributed by atoms with Crippen molar-refractivity contribution in [2.45, 2.75) is 38.8 Å². The Hall–Kier alpha value is -2.30. The van der Waals surface area contributed by atoms with Gasteiger partial charge in [0.05, 0.1) is 24.3 Å². The van der Waals surface area contributed by atoms with E-state index < -0.39 is 5.97 Å². The monoisotopic (exact) mass is 302 g/mol. The van der Waals surface area contributed by atoms with Gasteiger partial charge in [0, 0.05) is 5.56 Å². The molecular weight excluding hydrogens is 280 g/mol. The Morgan fingerprint density at radius 2 is 1.82 bits per heavy atom. The van der Waals surface area contributed by atoms with Gasteiger partial charge in [0.25, 0.3) is 0 Å². The SMILES string of the molecule is COC(=O)/C=C\ON1C(c2ccccc2)=NC(C)(C)C1(C)C. The summed E-state index contributed by atoms with van der Waals surface area (Å²) < 4.78 is 4.56. The summed E-state index contributed by atoms with van der Waals surface area (Å²) in [6.07, 6.45) is 2.57. The van der Waals surface area contributed by atoms with E-state index in [1.807, 2.05) is 30.3 Å². The Bertz CT molecular complexity index is 604. The highest BCUT2D eigenvalue weighted by Gasteiger charge is 2.50. The molecule has 1 heterocycles. The van der Waals surface area contributed by atoms with Gasteiger partial charge in [0.1, 0.15) is 6.26 Å². The molecule has 0 bridgehead atoms. The molecule has 1 aromatic rings. The lowest BCUT2D eigenvalue weighted by molar-refractivity contribution is -0.136. The van der Waals surface area contributed by atoms with Gasteiger partial charge in [-0.2, -0.15) is 5.06 Å². The maximum atomic E-state index is 11.2. The second-order valence-electron chi connectivity index (χ2n) is 6.15. The third kappa shape index (κ3) is 2.84. The van der Waals surface area contributed by atoms with Crippen LogP contribution in [-0.2, 0) is 14.4 Å². The number of rotatable bonds is 4. The standard InChI is InChI=1S/C17H22N2O3/c1-16(2)17(3,4)19(22-12-11-14(20)21-5)15(18-16)13-9-7-6-8-10-13/h6-12H,1-5H3/b12-11-. The van der Waals surface area contributed by atoms with Crippen LogP contribution in [0.2, 0.25) is 0 Å². The molecule has 0 amide bonds. The zero-order chi connectivity index (χ0) is 16.4. The van der Waals surface area contributed by atoms with Crippen molar-refractivity contribution in [3.63, 3.8) is 0 Å². The highest BCUT2D eigenvalue weighted by atomic mass is 16.7. The quantitative estimate of drug-likeness (QED) is 0.487. The van der Waals surface area contributed by atoms with E-state index in [0.29, 0.717) is 0 Å². The second-order valence-corrected chi connectivity index (χ2v) is 6.15. The minimum absolute atomic E-state index is 0.336. The molecule has 0 atom stereocenters. The van der Waals surface area contributed by atoms with Gasteiger partial charge in [-0.25, -0.2) is 4.79 Å². The highest BCUT2D eigenvalue weighted by molar-refractivity contribution is 6.00. The first-order valence-corrected chi connectivity index (χ1v) is 7.16. The normalized spacial score (nSPS) is 19.1. The molecule has 0 saturated carbocycles. The van der Waals surface area contributed by atoms with Crippen LogP contribution in [0, 0.1) is 0 Å². The minimum atomic E-state index is -0.463. The predicted octanol–water partition coefficient (Wildman–Crippen LogP) is 2.92. The third-order valence-corrected chi connectivity index (χ3v) is 4.19. The van der Waals surface area contributed by atoms with Gasteiger partial charge in [-0.3, -0.25) is 4.99 Å². The molecule has 1 aliphatic rings. The van der Waals surface area contributed by atoms with Crippen molar-refractivity contribution in [1.82, 2.24) is 5.06 Å². The van der Waals surface area contributed by atoms with Crippen molar-refractivity contribution in [2.24, 2.45) is 4.99 Å². The second kappa shape index (κ2) is 5.83. The zero-order valence-electron chi connectivity index (χ0n) is 13.7. The van der Waals surface area contributed by atoms with Crippen molar-refractivity contribution in [2.75, 3.05) is 7.11 Å². The number of hydroxylamine groups is 2. The number of hydrogen-bond donors (Lipinski definition) is 0. The largest absolute Gasteiger partial charge is 0.466 e. The zero-order valence-corrected chi connectivity index (χ0v) is 13.7. The van der Waals surface area contributed by atoms with Crippen LogP contribution in [0.15, 0.2) is 47.7 Å². The average molecular weight is 302 g/mol. The first-order valence-electron chi connectivity index (χ1n) is 7.16. The number of nitrogens with zero attached hydrogens (tertiary/aromatic N) is 2. The Kier molecular flexibility index (Phi) is 4.26. The van der Waals surface area contributed by atoms with Crippen molar-refractivity contribution < 1.29 is 14.4 Å². The number of esters is 1. The van der Waals surface area contributed by atoms with Crippen molar-refractivity contribution in [1.29, 1.82) is 0 Å². The van der Waals surface area contributed by atoms with E-state index in [2.05, 4.69) is 32.4 Å². The number of methoxy groups -OCH3 is 1. The molecule has 22 heavy (non-hydrogen) atoms. The van der Waals surface area contributed by atoms with E-state index in [9.17, 15) is 4.79 Å². The van der Waals surface area contributed by atoms with E-state index in [1.165, 1.54) is 19.4 Å². The number of amidine groups is 1. The van der Waals surface area contributed by atoms with Gasteiger partial charge >= 0.3 is 5.97 Å². The molecule has 5 heteroatoms. The number of carbonyl (C=O) groups is 1. The summed E-state index contributed by atoms with van der Waals surface area (Å²) in [5.41, 5.74) is 0.253. The fraction of sp³-hybridized carbons (Fsp3) is 0.412. The van der Waals surface area contributed by atoms with Gasteiger partial charge in [0.15, 0.2) is 5.84 Å². The van der Waals surface area contributed by atoms with Gasteiger partial charge in [0.2, 0.25) is 0 Å². The Morgan fingerprint density at radius 3 is 2.41 bits per heavy atom. The van der Waals surface area contributed by atoms with Crippen LogP contribution in [0.4, 0.5) is 0 Å². The maximum Gasteiger partial charge on any atom is 0.333 e. The molecule has 0 saturated heterocycles. The van der Waals surface area contributed by atoms with E-state index in [0.717, 1.165) is 11.4 Å². The number of carbonyl (C=O) groups excluding carboxylic acids is 1. The smallest absolute Gasteiger partial charge is 0.333 e. The summed E-state index contributed by atoms with van der Waals surface area (Å²) in [6, 6.07) is 9.84. The molecule has 1 aromatic carbocycles. The fourth-order valence-corrected chi connectivity index (χ4v) is 2.13. The Balaban J connectivity index is 2.33. The molecule has 0 spiro atoms. The van der Waals surface area contributed by atoms with E-state index in [1.54, 1.807) is 5.06 Å². The Morgan fingerprint density at radius 1 is 1.18 bits per heavy atom. The molecule has 0 N–H and O–H groups in total. The molecule has 1 aliphatic heterocycles. The van der Waals surface area contributed by atoms with Gasteiger partial charge in [-0.15, -0.1) is 0 Å². The van der Waals surface area contributed by atoms with Crippen LogP contribution in [0.3, 0.4) is 0 Å². The molecule has 0 aromatic heterocycles. The molecule has 5 nitrogen and oxygen atoms in total. The van der Waals surface area contributed by atoms with Crippen LogP contribution in [0.1, 0.15) is 33.3 Å². The summed E-state index contributed by atoms with van der Waals surface area (Å²) >= 11 is 0. The molecule has 0 radical (unpaired) electrons. The third-order valence-electron chi connectivity index (χ3n) is 4.19. The van der Waals surface area contributed by atoms with Gasteiger partial charge in [-0.05, 0) is 27.7 Å². The van der Waals surface area contributed by atoms with Crippen LogP contribution in [0.25, 0.3) is 0 Å². The minimum Gasteiger partial charge on any atom is -0.466 e. The number of aliphatic imine (C=N–C) groups is 1. The molecule has 118 valence electrons. The summed E-state index contributed by atoms with van der Waals surface area (Å²) in [6.45, 7) is 8.23. The first kappa shape index (κ1) is 16.1. The first-order chi connectivity index (χ1) is 10.3. The number of ether oxygens (including phenoxy) is 1. The lowest BCUT2D eigenvalue weighted by atomic mass is 9.84. The van der Waals surface area contributed by atoms with Crippen molar-refractivity contribution in [3.8, 4) is 0 Å². The number of benzene rings is 1. The summed E-state index contributed by atoms with van der Waals surface area (Å²) in [4.78, 5) is 21.7. The van der Waals surface area contributed by atoms with Crippen molar-refractivity contribution >= 4 is 11.8 Å². The topological polar surface area (TPSA) is 51.1 Å². The highest BCUT2D eigenvalue weighted by Crippen LogP contribution is 2.39. The lowest BCUT2D eigenvalue weighted by Crippen LogP contribution is -2.52.